The van der Waals surface area contributed by atoms with Crippen molar-refractivity contribution in [3.8, 4) is 0 Å². The minimum atomic E-state index is -4.36. The molecule has 12 heteroatoms. The zero-order valence-corrected chi connectivity index (χ0v) is 17.7. The van der Waals surface area contributed by atoms with Gasteiger partial charge in [0.25, 0.3) is 0 Å². The van der Waals surface area contributed by atoms with Crippen molar-refractivity contribution >= 4 is 30.9 Å². The van der Waals surface area contributed by atoms with Gasteiger partial charge in [0.2, 0.25) is 6.41 Å². The van der Waals surface area contributed by atoms with Crippen LogP contribution in [0, 0.1) is 0 Å². The summed E-state index contributed by atoms with van der Waals surface area (Å²) in [7, 11) is 2.00. The Bertz CT molecular complexity index is 914. The zero-order valence-electron chi connectivity index (χ0n) is 17.7. The van der Waals surface area contributed by atoms with Crippen LogP contribution in [0.15, 0.2) is 40.3 Å². The number of hydrogen-bond donors (Lipinski definition) is 1. The molecule has 0 aliphatic carbocycles. The molecule has 1 N–H and O–H groups in total. The minimum Gasteiger partial charge on any atom is -0.357 e. The van der Waals surface area contributed by atoms with E-state index < -0.39 is 12.6 Å². The van der Waals surface area contributed by atoms with Crippen molar-refractivity contribution in [2.45, 2.75) is 18.6 Å². The van der Waals surface area contributed by atoms with Gasteiger partial charge in [0.05, 0.1) is 24.9 Å². The summed E-state index contributed by atoms with van der Waals surface area (Å²) in [4.78, 5) is 33.1. The van der Waals surface area contributed by atoms with E-state index in [0.29, 0.717) is 36.8 Å². The van der Waals surface area contributed by atoms with Gasteiger partial charge in [-0.2, -0.15) is 13.2 Å². The first-order chi connectivity index (χ1) is 15.3. The average Bonchev–Trinajstić information content (AvgIpc) is 2.76. The molecule has 0 bridgehead atoms. The van der Waals surface area contributed by atoms with E-state index >= 15 is 0 Å². The number of halogens is 3. The van der Waals surface area contributed by atoms with Gasteiger partial charge >= 0.3 is 6.18 Å². The molecular formula is C20H25F3N8O. The van der Waals surface area contributed by atoms with Crippen molar-refractivity contribution in [3.63, 3.8) is 0 Å². The molecule has 3 rings (SSSR count). The summed E-state index contributed by atoms with van der Waals surface area (Å²) in [6, 6.07) is 1.89. The number of hydrogen-bond acceptors (Lipinski definition) is 8. The highest BCUT2D eigenvalue weighted by Gasteiger charge is 2.30. The standard InChI is InChI=1S/C20H25F3N8O/c1-24-11-17(30-6-5-26-15(12-30)9-20(21,22)23)19-27-4-3-18(28-19)31-8-7-29(2)16(13-31)10-25-14-32/h3-5,11-12,14,16H,1,6-10,13H2,2H3,(H,25,32)/b17-11-. The highest BCUT2D eigenvalue weighted by Crippen LogP contribution is 2.28. The highest BCUT2D eigenvalue weighted by molar-refractivity contribution is 5.70. The molecule has 1 fully saturated rings. The Hall–Kier alpha value is -3.28. The SMILES string of the molecule is C=N/C=C(/c1nccc(N2CCN(C)C(CNC=O)C2)n1)N1C=C(CC(F)(F)F)N=CC1. The molecule has 2 aliphatic heterocycles. The Morgan fingerprint density at radius 3 is 2.94 bits per heavy atom. The van der Waals surface area contributed by atoms with E-state index in [0.717, 1.165) is 13.1 Å². The largest absolute Gasteiger partial charge is 0.394 e. The molecule has 1 amide bonds. The predicted octanol–water partition coefficient (Wildman–Crippen LogP) is 1.52. The van der Waals surface area contributed by atoms with Crippen LogP contribution in [0.3, 0.4) is 0 Å². The molecule has 1 saturated heterocycles. The van der Waals surface area contributed by atoms with E-state index in [4.69, 9.17) is 0 Å². The summed E-state index contributed by atoms with van der Waals surface area (Å²) in [5, 5.41) is 2.71. The summed E-state index contributed by atoms with van der Waals surface area (Å²) >= 11 is 0. The van der Waals surface area contributed by atoms with Gasteiger partial charge in [-0.15, -0.1) is 0 Å². The third-order valence-electron chi connectivity index (χ3n) is 5.15. The van der Waals surface area contributed by atoms with E-state index in [9.17, 15) is 18.0 Å². The minimum absolute atomic E-state index is 0.112. The van der Waals surface area contributed by atoms with Crippen molar-refractivity contribution in [1.82, 2.24) is 25.1 Å². The number of anilines is 1. The summed E-state index contributed by atoms with van der Waals surface area (Å²) in [5.41, 5.74) is 0.306. The van der Waals surface area contributed by atoms with Crippen LogP contribution in [-0.4, -0.2) is 91.1 Å². The molecule has 0 spiro atoms. The number of nitrogens with one attached hydrogen (secondary N) is 1. The second-order valence-corrected chi connectivity index (χ2v) is 7.42. The Kier molecular flexibility index (Phi) is 7.57. The van der Waals surface area contributed by atoms with Crippen LogP contribution in [0.5, 0.6) is 0 Å². The van der Waals surface area contributed by atoms with Gasteiger partial charge in [-0.05, 0) is 19.8 Å². The summed E-state index contributed by atoms with van der Waals surface area (Å²) < 4.78 is 38.4. The van der Waals surface area contributed by atoms with E-state index in [1.807, 2.05) is 7.05 Å². The fourth-order valence-corrected chi connectivity index (χ4v) is 3.53. The molecule has 0 aromatic carbocycles. The third-order valence-corrected chi connectivity index (χ3v) is 5.15. The van der Waals surface area contributed by atoms with Crippen LogP contribution in [0.1, 0.15) is 12.2 Å². The van der Waals surface area contributed by atoms with Crippen LogP contribution in [0.4, 0.5) is 19.0 Å². The van der Waals surface area contributed by atoms with E-state index in [1.54, 1.807) is 17.2 Å². The maximum Gasteiger partial charge on any atom is 0.394 e. The molecular weight excluding hydrogens is 425 g/mol. The van der Waals surface area contributed by atoms with E-state index in [2.05, 4.69) is 41.8 Å². The Balaban J connectivity index is 1.83. The Morgan fingerprint density at radius 1 is 1.41 bits per heavy atom. The lowest BCUT2D eigenvalue weighted by Gasteiger charge is -2.40. The van der Waals surface area contributed by atoms with E-state index in [-0.39, 0.29) is 18.3 Å². The van der Waals surface area contributed by atoms with Gasteiger partial charge in [0.1, 0.15) is 11.5 Å². The molecule has 3 heterocycles. The fourth-order valence-electron chi connectivity index (χ4n) is 3.53. The normalized spacial score (nSPS) is 20.2. The monoisotopic (exact) mass is 450 g/mol. The lowest BCUT2D eigenvalue weighted by Crippen LogP contribution is -2.55. The molecule has 9 nitrogen and oxygen atoms in total. The first-order valence-electron chi connectivity index (χ1n) is 9.99. The van der Waals surface area contributed by atoms with Gasteiger partial charge in [0, 0.05) is 50.8 Å². The molecule has 32 heavy (non-hydrogen) atoms. The number of allylic oxidation sites excluding steroid dienone is 1. The smallest absolute Gasteiger partial charge is 0.357 e. The Morgan fingerprint density at radius 2 is 2.22 bits per heavy atom. The maximum atomic E-state index is 12.8. The van der Waals surface area contributed by atoms with Gasteiger partial charge in [-0.25, -0.2) is 9.97 Å². The van der Waals surface area contributed by atoms with Crippen LogP contribution < -0.4 is 10.2 Å². The van der Waals surface area contributed by atoms with Gasteiger partial charge in [0.15, 0.2) is 5.82 Å². The number of likely N-dealkylation sites (N-methyl/N-ethyl adjacent to an activating group) is 1. The second-order valence-electron chi connectivity index (χ2n) is 7.42. The summed E-state index contributed by atoms with van der Waals surface area (Å²) in [6.07, 6.45) is 0.944. The number of rotatable bonds is 8. The van der Waals surface area contributed by atoms with Crippen molar-refractivity contribution in [3.05, 3.63) is 36.2 Å². The molecule has 172 valence electrons. The van der Waals surface area contributed by atoms with Crippen LogP contribution in [0.2, 0.25) is 0 Å². The molecule has 2 aliphatic rings. The molecule has 1 aromatic heterocycles. The first kappa shape index (κ1) is 23.4. The van der Waals surface area contributed by atoms with Gasteiger partial charge < -0.3 is 15.1 Å². The Labute approximate surface area is 184 Å². The molecule has 1 atom stereocenters. The second kappa shape index (κ2) is 10.4. The summed E-state index contributed by atoms with van der Waals surface area (Å²) in [6.45, 7) is 6.40. The van der Waals surface area contributed by atoms with Gasteiger partial charge in [-0.3, -0.25) is 19.7 Å². The van der Waals surface area contributed by atoms with Crippen molar-refractivity contribution in [2.75, 3.05) is 44.7 Å². The number of amides is 1. The quantitative estimate of drug-likeness (QED) is 0.477. The van der Waals surface area contributed by atoms with Crippen molar-refractivity contribution in [1.29, 1.82) is 0 Å². The number of aliphatic imine (C=N–C) groups is 2. The lowest BCUT2D eigenvalue weighted by atomic mass is 10.1. The topological polar surface area (TPSA) is 89.3 Å². The molecule has 0 saturated carbocycles. The summed E-state index contributed by atoms with van der Waals surface area (Å²) in [5.74, 6) is 0.994. The fraction of sp³-hybridized carbons (Fsp3) is 0.450. The zero-order chi connectivity index (χ0) is 23.1. The first-order valence-corrected chi connectivity index (χ1v) is 9.99. The predicted molar refractivity (Wildman–Crippen MR) is 116 cm³/mol. The van der Waals surface area contributed by atoms with E-state index in [1.165, 1.54) is 18.6 Å². The third kappa shape index (κ3) is 6.13. The van der Waals surface area contributed by atoms with Crippen molar-refractivity contribution in [2.24, 2.45) is 9.98 Å². The van der Waals surface area contributed by atoms with Crippen LogP contribution >= 0.6 is 0 Å². The molecule has 1 unspecified atom stereocenters. The van der Waals surface area contributed by atoms with Crippen molar-refractivity contribution < 1.29 is 18.0 Å². The number of carbonyl (C=O) groups excluding carboxylic acids is 1. The number of alkyl halides is 3. The molecule has 1 aromatic rings. The number of carbonyl (C=O) groups is 1. The van der Waals surface area contributed by atoms with Gasteiger partial charge in [-0.1, -0.05) is 0 Å². The van der Waals surface area contributed by atoms with Crippen LogP contribution in [0.25, 0.3) is 5.70 Å². The van der Waals surface area contributed by atoms with Crippen LogP contribution in [-0.2, 0) is 4.79 Å². The lowest BCUT2D eigenvalue weighted by molar-refractivity contribution is -0.127. The average molecular weight is 450 g/mol. The number of nitrogens with zero attached hydrogens (tertiary/aromatic N) is 7. The maximum absolute atomic E-state index is 12.8. The number of piperazine rings is 1. The highest BCUT2D eigenvalue weighted by atomic mass is 19.4. The number of aromatic nitrogens is 2. The molecule has 0 radical (unpaired) electrons.